The van der Waals surface area contributed by atoms with Crippen molar-refractivity contribution in [2.45, 2.75) is 20.0 Å². The van der Waals surface area contributed by atoms with Crippen LogP contribution in [0, 0.1) is 6.92 Å². The molecule has 1 aromatic heterocycles. The quantitative estimate of drug-likeness (QED) is 0.899. The van der Waals surface area contributed by atoms with Gasteiger partial charge in [0.2, 0.25) is 0 Å². The Morgan fingerprint density at radius 2 is 2.06 bits per heavy atom. The second-order valence-electron chi connectivity index (χ2n) is 4.32. The lowest BCUT2D eigenvalue weighted by Crippen LogP contribution is -2.07. The predicted octanol–water partition coefficient (Wildman–Crippen LogP) is 3.98. The van der Waals surface area contributed by atoms with Crippen LogP contribution in [0.15, 0.2) is 34.9 Å². The minimum absolute atomic E-state index is 0.799. The maximum absolute atomic E-state index is 6.24. The average Bonchev–Trinajstić information content (AvgIpc) is 2.66. The molecule has 1 aromatic carbocycles. The van der Waals surface area contributed by atoms with E-state index >= 15 is 0 Å². The summed E-state index contributed by atoms with van der Waals surface area (Å²) >= 11 is 9.67. The van der Waals surface area contributed by atoms with E-state index in [1.54, 1.807) is 0 Å². The van der Waals surface area contributed by atoms with Crippen molar-refractivity contribution in [2.24, 2.45) is 0 Å². The summed E-state index contributed by atoms with van der Waals surface area (Å²) in [4.78, 5) is 0. The molecule has 1 heterocycles. The van der Waals surface area contributed by atoms with Gasteiger partial charge in [-0.25, -0.2) is 0 Å². The molecule has 0 fully saturated rings. The van der Waals surface area contributed by atoms with E-state index in [-0.39, 0.29) is 0 Å². The first kappa shape index (κ1) is 13.7. The molecular weight excluding hydrogens is 312 g/mol. The van der Waals surface area contributed by atoms with Crippen LogP contribution in [-0.4, -0.2) is 11.6 Å². The molecule has 4 heteroatoms. The predicted molar refractivity (Wildman–Crippen MR) is 80.2 cm³/mol. The lowest BCUT2D eigenvalue weighted by molar-refractivity contribution is 0.753. The highest BCUT2D eigenvalue weighted by molar-refractivity contribution is 9.10. The summed E-state index contributed by atoms with van der Waals surface area (Å²) < 4.78 is 3.23. The first-order chi connectivity index (χ1) is 8.61. The normalized spacial score (nSPS) is 10.9. The van der Waals surface area contributed by atoms with E-state index in [9.17, 15) is 0 Å². The van der Waals surface area contributed by atoms with Gasteiger partial charge < -0.3 is 9.88 Å². The van der Waals surface area contributed by atoms with Crippen LogP contribution in [0.3, 0.4) is 0 Å². The van der Waals surface area contributed by atoms with Crippen molar-refractivity contribution in [3.05, 3.63) is 56.8 Å². The molecule has 2 aromatic rings. The molecular formula is C14H16BrClN2. The van der Waals surface area contributed by atoms with Crippen LogP contribution in [0.2, 0.25) is 5.02 Å². The molecule has 1 N–H and O–H groups in total. The van der Waals surface area contributed by atoms with Gasteiger partial charge in [-0.1, -0.05) is 33.6 Å². The monoisotopic (exact) mass is 326 g/mol. The lowest BCUT2D eigenvalue weighted by Gasteiger charge is -2.09. The van der Waals surface area contributed by atoms with Crippen LogP contribution in [0.25, 0.3) is 0 Å². The summed E-state index contributed by atoms with van der Waals surface area (Å²) in [7, 11) is 1.96. The number of hydrogen-bond acceptors (Lipinski definition) is 1. The Bertz CT molecular complexity index is 549. The van der Waals surface area contributed by atoms with Crippen molar-refractivity contribution in [3.63, 3.8) is 0 Å². The molecule has 0 amide bonds. The SMILES string of the molecule is CNCc1ccn(Cc2ccc(Br)cc2Cl)c1C. The third-order valence-corrected chi connectivity index (χ3v) is 3.92. The summed E-state index contributed by atoms with van der Waals surface area (Å²) in [6.45, 7) is 3.84. The zero-order valence-corrected chi connectivity index (χ0v) is 12.8. The highest BCUT2D eigenvalue weighted by atomic mass is 79.9. The Morgan fingerprint density at radius 3 is 2.72 bits per heavy atom. The van der Waals surface area contributed by atoms with Crippen LogP contribution in [0.1, 0.15) is 16.8 Å². The Labute approximate surface area is 121 Å². The van der Waals surface area contributed by atoms with Gasteiger partial charge in [-0.3, -0.25) is 0 Å². The molecule has 0 saturated heterocycles. The number of halogens is 2. The standard InChI is InChI=1S/C14H16BrClN2/c1-10-11(8-17-2)5-6-18(10)9-12-3-4-13(15)7-14(12)16/h3-7,17H,8-9H2,1-2H3. The van der Waals surface area contributed by atoms with Gasteiger partial charge >= 0.3 is 0 Å². The molecule has 96 valence electrons. The van der Waals surface area contributed by atoms with Crippen molar-refractivity contribution >= 4 is 27.5 Å². The molecule has 0 unspecified atom stereocenters. The van der Waals surface area contributed by atoms with Crippen molar-refractivity contribution in [1.82, 2.24) is 9.88 Å². The number of nitrogens with zero attached hydrogens (tertiary/aromatic N) is 1. The maximum Gasteiger partial charge on any atom is 0.0487 e. The number of benzene rings is 1. The summed E-state index contributed by atoms with van der Waals surface area (Å²) in [5, 5.41) is 3.97. The third-order valence-electron chi connectivity index (χ3n) is 3.07. The lowest BCUT2D eigenvalue weighted by atomic mass is 10.2. The van der Waals surface area contributed by atoms with E-state index in [4.69, 9.17) is 11.6 Å². The van der Waals surface area contributed by atoms with Crippen molar-refractivity contribution in [3.8, 4) is 0 Å². The first-order valence-electron chi connectivity index (χ1n) is 5.85. The van der Waals surface area contributed by atoms with E-state index < -0.39 is 0 Å². The van der Waals surface area contributed by atoms with E-state index in [1.807, 2.05) is 19.2 Å². The molecule has 0 atom stereocenters. The molecule has 2 nitrogen and oxygen atoms in total. The highest BCUT2D eigenvalue weighted by Gasteiger charge is 2.06. The smallest absolute Gasteiger partial charge is 0.0487 e. The fraction of sp³-hybridized carbons (Fsp3) is 0.286. The Kier molecular flexibility index (Phi) is 4.49. The molecule has 2 rings (SSSR count). The zero-order valence-electron chi connectivity index (χ0n) is 10.5. The summed E-state index contributed by atoms with van der Waals surface area (Å²) in [5.74, 6) is 0. The minimum Gasteiger partial charge on any atom is -0.347 e. The second kappa shape index (κ2) is 5.91. The van der Waals surface area contributed by atoms with Gasteiger partial charge in [-0.05, 0) is 43.3 Å². The van der Waals surface area contributed by atoms with E-state index in [1.165, 1.54) is 11.3 Å². The van der Waals surface area contributed by atoms with Crippen molar-refractivity contribution in [2.75, 3.05) is 7.05 Å². The molecule has 0 saturated carbocycles. The summed E-state index contributed by atoms with van der Waals surface area (Å²) in [5.41, 5.74) is 3.74. The number of nitrogens with one attached hydrogen (secondary N) is 1. The van der Waals surface area contributed by atoms with Gasteiger partial charge in [0, 0.05) is 34.5 Å². The minimum atomic E-state index is 0.799. The molecule has 0 radical (unpaired) electrons. The van der Waals surface area contributed by atoms with Crippen molar-refractivity contribution in [1.29, 1.82) is 0 Å². The first-order valence-corrected chi connectivity index (χ1v) is 7.02. The Morgan fingerprint density at radius 1 is 1.28 bits per heavy atom. The van der Waals surface area contributed by atoms with Gasteiger partial charge in [0.1, 0.15) is 0 Å². The molecule has 0 aliphatic rings. The Balaban J connectivity index is 2.23. The molecule has 0 spiro atoms. The van der Waals surface area contributed by atoms with Gasteiger partial charge in [-0.15, -0.1) is 0 Å². The number of aromatic nitrogens is 1. The van der Waals surface area contributed by atoms with E-state index in [0.29, 0.717) is 0 Å². The van der Waals surface area contributed by atoms with E-state index in [2.05, 4.69) is 51.1 Å². The Hall–Kier alpha value is -0.770. The molecule has 0 bridgehead atoms. The zero-order chi connectivity index (χ0) is 13.1. The molecule has 18 heavy (non-hydrogen) atoms. The second-order valence-corrected chi connectivity index (χ2v) is 5.64. The van der Waals surface area contributed by atoms with E-state index in [0.717, 1.165) is 28.1 Å². The number of rotatable bonds is 4. The summed E-state index contributed by atoms with van der Waals surface area (Å²) in [6, 6.07) is 8.17. The van der Waals surface area contributed by atoms with Crippen LogP contribution in [-0.2, 0) is 13.1 Å². The van der Waals surface area contributed by atoms with Crippen LogP contribution >= 0.6 is 27.5 Å². The molecule has 0 aliphatic heterocycles. The topological polar surface area (TPSA) is 17.0 Å². The fourth-order valence-electron chi connectivity index (χ4n) is 1.98. The average molecular weight is 328 g/mol. The van der Waals surface area contributed by atoms with Gasteiger partial charge in [0.15, 0.2) is 0 Å². The fourth-order valence-corrected chi connectivity index (χ4v) is 2.71. The van der Waals surface area contributed by atoms with Gasteiger partial charge in [0.25, 0.3) is 0 Å². The van der Waals surface area contributed by atoms with Crippen LogP contribution < -0.4 is 5.32 Å². The van der Waals surface area contributed by atoms with Crippen molar-refractivity contribution < 1.29 is 0 Å². The van der Waals surface area contributed by atoms with Gasteiger partial charge in [-0.2, -0.15) is 0 Å². The van der Waals surface area contributed by atoms with Crippen LogP contribution in [0.5, 0.6) is 0 Å². The van der Waals surface area contributed by atoms with Gasteiger partial charge in [0.05, 0.1) is 0 Å². The maximum atomic E-state index is 6.24. The van der Waals surface area contributed by atoms with Crippen LogP contribution in [0.4, 0.5) is 0 Å². The third kappa shape index (κ3) is 2.97. The number of hydrogen-bond donors (Lipinski definition) is 1. The largest absolute Gasteiger partial charge is 0.347 e. The summed E-state index contributed by atoms with van der Waals surface area (Å²) in [6.07, 6.45) is 2.11. The molecule has 0 aliphatic carbocycles. The highest BCUT2D eigenvalue weighted by Crippen LogP contribution is 2.23.